The maximum Gasteiger partial charge on any atom is 0.251 e. The summed E-state index contributed by atoms with van der Waals surface area (Å²) in [5, 5.41) is 6.91. The Hall–Kier alpha value is -4.16. The van der Waals surface area contributed by atoms with Crippen LogP contribution in [0.4, 0.5) is 5.69 Å². The van der Waals surface area contributed by atoms with E-state index in [1.165, 1.54) is 11.3 Å². The highest BCUT2D eigenvalue weighted by atomic mass is 32.1. The van der Waals surface area contributed by atoms with Crippen molar-refractivity contribution < 1.29 is 14.0 Å². The van der Waals surface area contributed by atoms with E-state index >= 15 is 0 Å². The van der Waals surface area contributed by atoms with Gasteiger partial charge in [0, 0.05) is 16.8 Å². The Balaban J connectivity index is 1.54. The molecule has 1 N–H and O–H groups in total. The van der Waals surface area contributed by atoms with Gasteiger partial charge in [0.1, 0.15) is 11.5 Å². The summed E-state index contributed by atoms with van der Waals surface area (Å²) in [6.45, 7) is 2.28. The lowest BCUT2D eigenvalue weighted by Gasteiger charge is -2.31. The predicted molar refractivity (Wildman–Crippen MR) is 149 cm³/mol. The van der Waals surface area contributed by atoms with Gasteiger partial charge in [-0.2, -0.15) is 0 Å². The van der Waals surface area contributed by atoms with E-state index in [2.05, 4.69) is 5.32 Å². The fourth-order valence-corrected chi connectivity index (χ4v) is 5.22. The molecule has 2 heterocycles. The molecule has 0 unspecified atom stereocenters. The highest BCUT2D eigenvalue weighted by molar-refractivity contribution is 7.10. The van der Waals surface area contributed by atoms with Crippen LogP contribution in [-0.2, 0) is 22.4 Å². The highest BCUT2D eigenvalue weighted by Gasteiger charge is 2.35. The van der Waals surface area contributed by atoms with Crippen molar-refractivity contribution in [1.29, 1.82) is 0 Å². The van der Waals surface area contributed by atoms with Gasteiger partial charge < -0.3 is 9.73 Å². The summed E-state index contributed by atoms with van der Waals surface area (Å²) in [7, 11) is 0. The highest BCUT2D eigenvalue weighted by Crippen LogP contribution is 2.35. The molecule has 6 heteroatoms. The molecule has 5 rings (SSSR count). The van der Waals surface area contributed by atoms with Gasteiger partial charge in [-0.3, -0.25) is 14.5 Å². The zero-order valence-corrected chi connectivity index (χ0v) is 21.4. The molecule has 0 aliphatic carbocycles. The molecule has 0 aliphatic rings. The molecule has 0 radical (unpaired) electrons. The van der Waals surface area contributed by atoms with Crippen molar-refractivity contribution >= 4 is 39.6 Å². The number of carbonyl (C=O) groups is 2. The molecular formula is C31H28N2O3S. The number of aryl methyl sites for hydroxylation is 1. The van der Waals surface area contributed by atoms with Gasteiger partial charge in [0.2, 0.25) is 5.91 Å². The maximum atomic E-state index is 14.0. The molecular weight excluding hydrogens is 480 g/mol. The largest absolute Gasteiger partial charge is 0.464 e. The van der Waals surface area contributed by atoms with Crippen LogP contribution in [0.15, 0.2) is 107 Å². The quantitative estimate of drug-likeness (QED) is 0.248. The fraction of sp³-hybridized carbons (Fsp3) is 0.161. The molecule has 1 atom stereocenters. The van der Waals surface area contributed by atoms with Crippen LogP contribution < -0.4 is 10.2 Å². The number of anilines is 1. The third-order valence-electron chi connectivity index (χ3n) is 6.29. The lowest BCUT2D eigenvalue weighted by Crippen LogP contribution is -2.45. The van der Waals surface area contributed by atoms with Crippen LogP contribution in [0.25, 0.3) is 10.8 Å². The first kappa shape index (κ1) is 24.5. The Labute approximate surface area is 220 Å². The Kier molecular flexibility index (Phi) is 7.47. The second-order valence-corrected chi connectivity index (χ2v) is 9.93. The summed E-state index contributed by atoms with van der Waals surface area (Å²) in [5.74, 6) is 0.664. The Morgan fingerprint density at radius 2 is 1.68 bits per heavy atom. The number of amides is 2. The Morgan fingerprint density at radius 3 is 2.43 bits per heavy atom. The van der Waals surface area contributed by atoms with Gasteiger partial charge in [0.05, 0.1) is 12.1 Å². The topological polar surface area (TPSA) is 62.6 Å². The summed E-state index contributed by atoms with van der Waals surface area (Å²) in [5.41, 5.74) is 1.81. The van der Waals surface area contributed by atoms with Gasteiger partial charge in [-0.15, -0.1) is 11.3 Å². The average molecular weight is 509 g/mol. The van der Waals surface area contributed by atoms with Gasteiger partial charge in [-0.1, -0.05) is 72.8 Å². The van der Waals surface area contributed by atoms with E-state index in [4.69, 9.17) is 4.42 Å². The summed E-state index contributed by atoms with van der Waals surface area (Å²) < 4.78 is 5.98. The molecule has 186 valence electrons. The Morgan fingerprint density at radius 1 is 0.892 bits per heavy atom. The van der Waals surface area contributed by atoms with Crippen molar-refractivity contribution in [3.8, 4) is 0 Å². The third-order valence-corrected chi connectivity index (χ3v) is 7.17. The number of nitrogens with one attached hydrogen (secondary N) is 1. The first-order valence-electron chi connectivity index (χ1n) is 12.3. The Bertz CT molecular complexity index is 1490. The van der Waals surface area contributed by atoms with E-state index in [9.17, 15) is 9.59 Å². The standard InChI is InChI=1S/C31H28N2O3S/c1-22-16-17-28(36-22)30(31(35)32-19-18-23-9-3-2-4-10-23)33(29(34)21-25-13-8-20-37-25)27-15-7-12-24-11-5-6-14-26(24)27/h2-17,20,30H,18-19,21H2,1H3,(H,32,35)/t30-/m1/s1. The van der Waals surface area contributed by atoms with Gasteiger partial charge in [-0.05, 0) is 53.9 Å². The second kappa shape index (κ2) is 11.3. The normalized spacial score (nSPS) is 11.8. The van der Waals surface area contributed by atoms with Crippen LogP contribution in [0, 0.1) is 6.92 Å². The first-order valence-corrected chi connectivity index (χ1v) is 13.2. The molecule has 0 saturated carbocycles. The number of benzene rings is 3. The molecule has 5 nitrogen and oxygen atoms in total. The number of fused-ring (bicyclic) bond motifs is 1. The number of hydrogen-bond donors (Lipinski definition) is 1. The van der Waals surface area contributed by atoms with Crippen molar-refractivity contribution in [2.24, 2.45) is 0 Å². The molecule has 37 heavy (non-hydrogen) atoms. The lowest BCUT2D eigenvalue weighted by molar-refractivity contribution is -0.126. The van der Waals surface area contributed by atoms with E-state index < -0.39 is 6.04 Å². The van der Waals surface area contributed by atoms with Gasteiger partial charge in [0.15, 0.2) is 6.04 Å². The van der Waals surface area contributed by atoms with E-state index in [0.29, 0.717) is 30.2 Å². The summed E-state index contributed by atoms with van der Waals surface area (Å²) >= 11 is 1.53. The van der Waals surface area contributed by atoms with E-state index in [-0.39, 0.29) is 18.2 Å². The minimum absolute atomic E-state index is 0.170. The van der Waals surface area contributed by atoms with Gasteiger partial charge >= 0.3 is 0 Å². The smallest absolute Gasteiger partial charge is 0.251 e. The van der Waals surface area contributed by atoms with Crippen LogP contribution in [0.3, 0.4) is 0 Å². The first-order chi connectivity index (χ1) is 18.1. The van der Waals surface area contributed by atoms with E-state index in [1.807, 2.05) is 103 Å². The summed E-state index contributed by atoms with van der Waals surface area (Å²) in [4.78, 5) is 30.4. The second-order valence-electron chi connectivity index (χ2n) is 8.90. The number of hydrogen-bond acceptors (Lipinski definition) is 4. The third kappa shape index (κ3) is 5.65. The van der Waals surface area contributed by atoms with Crippen molar-refractivity contribution in [2.45, 2.75) is 25.8 Å². The van der Waals surface area contributed by atoms with Crippen LogP contribution in [0.5, 0.6) is 0 Å². The number of nitrogens with zero attached hydrogens (tertiary/aromatic N) is 1. The molecule has 3 aromatic carbocycles. The molecule has 0 saturated heterocycles. The summed E-state index contributed by atoms with van der Waals surface area (Å²) in [6.07, 6.45) is 0.877. The SMILES string of the molecule is Cc1ccc([C@H](C(=O)NCCc2ccccc2)N(C(=O)Cc2cccs2)c2cccc3ccccc23)o1. The molecule has 2 amide bonds. The van der Waals surface area contributed by atoms with Crippen LogP contribution in [-0.4, -0.2) is 18.4 Å². The zero-order valence-electron chi connectivity index (χ0n) is 20.6. The molecule has 2 aromatic heterocycles. The average Bonchev–Trinajstić information content (AvgIpc) is 3.59. The van der Waals surface area contributed by atoms with Crippen molar-refractivity contribution in [3.63, 3.8) is 0 Å². The number of furan rings is 1. The minimum Gasteiger partial charge on any atom is -0.464 e. The predicted octanol–water partition coefficient (Wildman–Crippen LogP) is 6.48. The van der Waals surface area contributed by atoms with Crippen molar-refractivity contribution in [1.82, 2.24) is 5.32 Å². The van der Waals surface area contributed by atoms with Crippen molar-refractivity contribution in [2.75, 3.05) is 11.4 Å². The molecule has 0 aliphatic heterocycles. The molecule has 0 spiro atoms. The fourth-order valence-electron chi connectivity index (χ4n) is 4.53. The molecule has 0 bridgehead atoms. The van der Waals surface area contributed by atoms with E-state index in [1.54, 1.807) is 11.0 Å². The number of rotatable bonds is 9. The van der Waals surface area contributed by atoms with Crippen LogP contribution in [0.1, 0.15) is 28.0 Å². The van der Waals surface area contributed by atoms with Gasteiger partial charge in [-0.25, -0.2) is 0 Å². The van der Waals surface area contributed by atoms with Crippen LogP contribution >= 0.6 is 11.3 Å². The summed E-state index contributed by atoms with van der Waals surface area (Å²) in [6, 6.07) is 30.2. The molecule has 0 fully saturated rings. The zero-order chi connectivity index (χ0) is 25.6. The van der Waals surface area contributed by atoms with Crippen molar-refractivity contribution in [3.05, 3.63) is 124 Å². The number of carbonyl (C=O) groups excluding carboxylic acids is 2. The van der Waals surface area contributed by atoms with E-state index in [0.717, 1.165) is 21.2 Å². The number of thiophene rings is 1. The lowest BCUT2D eigenvalue weighted by atomic mass is 10.0. The van der Waals surface area contributed by atoms with Gasteiger partial charge in [0.25, 0.3) is 5.91 Å². The molecule has 5 aromatic rings. The monoisotopic (exact) mass is 508 g/mol. The maximum absolute atomic E-state index is 14.0. The minimum atomic E-state index is -0.956. The van der Waals surface area contributed by atoms with Crippen LogP contribution in [0.2, 0.25) is 0 Å².